The fourth-order valence-corrected chi connectivity index (χ4v) is 13.2. The summed E-state index contributed by atoms with van der Waals surface area (Å²) in [7, 11) is 3.00. The number of methoxy groups -OCH3 is 1. The molecule has 2 aromatic rings. The van der Waals surface area contributed by atoms with Gasteiger partial charge in [-0.25, -0.2) is 14.4 Å². The number of carbonyl (C=O) groups excluding carboxylic acids is 8. The van der Waals surface area contributed by atoms with E-state index in [0.29, 0.717) is 45.8 Å². The van der Waals surface area contributed by atoms with Crippen molar-refractivity contribution in [3.8, 4) is 0 Å². The number of nitrogens with zero attached hydrogens (tertiary/aromatic N) is 1. The van der Waals surface area contributed by atoms with Crippen molar-refractivity contribution in [2.75, 3.05) is 73.4 Å². The van der Waals surface area contributed by atoms with Gasteiger partial charge < -0.3 is 79.0 Å². The number of ether oxygens (including phenoxy) is 9. The Morgan fingerprint density at radius 3 is 2.06 bits per heavy atom. The summed E-state index contributed by atoms with van der Waals surface area (Å²) < 4.78 is 52.3. The number of hydrogen-bond donors (Lipinski definition) is 7. The molecule has 88 heavy (non-hydrogen) atoms. The van der Waals surface area contributed by atoms with Crippen LogP contribution in [0.4, 0.5) is 4.79 Å². The Morgan fingerprint density at radius 2 is 1.45 bits per heavy atom. The molecule has 3 saturated carbocycles. The Hall–Kier alpha value is -6.16. The molecule has 0 spiro atoms. The summed E-state index contributed by atoms with van der Waals surface area (Å²) in [6.07, 6.45) is -12.0. The first-order valence-electron chi connectivity index (χ1n) is 30.1. The highest BCUT2D eigenvalue weighted by Crippen LogP contribution is 2.66. The van der Waals surface area contributed by atoms with Crippen molar-refractivity contribution in [1.29, 1.82) is 0 Å². The Labute approximate surface area is 514 Å². The number of Topliss-reactive ketones (excluding diaryl/α,β-unsaturated/α-hetero) is 1. The normalized spacial score (nSPS) is 28.9. The number of unbranched alkanes of at least 4 members (excludes halogenated alkanes) is 1. The number of benzene rings is 2. The van der Waals surface area contributed by atoms with Crippen LogP contribution in [-0.2, 0) is 71.4 Å². The predicted molar refractivity (Wildman–Crippen MR) is 314 cm³/mol. The molecular formula is C63H92N4O21. The van der Waals surface area contributed by atoms with Crippen molar-refractivity contribution in [3.63, 3.8) is 0 Å². The third-order valence-corrected chi connectivity index (χ3v) is 17.8. The van der Waals surface area contributed by atoms with Crippen LogP contribution in [0, 0.1) is 28.6 Å². The van der Waals surface area contributed by atoms with E-state index in [1.165, 1.54) is 37.9 Å². The fourth-order valence-electron chi connectivity index (χ4n) is 13.2. The number of fused-ring (bicyclic) bond motifs is 5. The Balaban J connectivity index is 1.26. The summed E-state index contributed by atoms with van der Waals surface area (Å²) in [6.45, 7) is 14.5. The molecule has 15 atom stereocenters. The van der Waals surface area contributed by atoms with E-state index in [9.17, 15) is 54.0 Å². The lowest BCUT2D eigenvalue weighted by Gasteiger charge is -2.70. The second-order valence-corrected chi connectivity index (χ2v) is 25.4. The molecule has 25 heteroatoms. The van der Waals surface area contributed by atoms with Crippen LogP contribution in [-0.4, -0.2) is 212 Å². The van der Waals surface area contributed by atoms with Gasteiger partial charge in [-0.1, -0.05) is 76.2 Å². The minimum atomic E-state index is -2.41. The Morgan fingerprint density at radius 1 is 0.818 bits per heavy atom. The maximum Gasteiger partial charge on any atom is 0.408 e. The summed E-state index contributed by atoms with van der Waals surface area (Å²) in [5.41, 5.74) is -8.40. The third-order valence-electron chi connectivity index (χ3n) is 17.8. The average Bonchev–Trinajstić information content (AvgIpc) is 0.706. The van der Waals surface area contributed by atoms with Gasteiger partial charge in [0.15, 0.2) is 11.4 Å². The number of hydrogen-bond acceptors (Lipinski definition) is 22. The van der Waals surface area contributed by atoms with Crippen LogP contribution in [0.2, 0.25) is 0 Å². The number of carbonyl (C=O) groups is 8. The van der Waals surface area contributed by atoms with Crippen LogP contribution in [0.3, 0.4) is 0 Å². The SMILES string of the molecule is COCCOCCOCCC(=O)NCCCCC(NC(=O)CN(C)CC(=O)O[C@@H](C(=O)O[C@H]1C[C@@]2(O)[C@@H](OC(=O)c3ccccc3)[C@@H]3[C@]4(OC(C)=O)CO[C@@H]4C[C@H](O)[C@@]3(C)[C@H](O)[C@H](O)[C@H](C1C)C2(C)C)[C@@H](NC(=O)OC(C)(C)C)c1ccccc1)C(C)=O. The molecule has 2 bridgehead atoms. The molecule has 4 fully saturated rings. The zero-order valence-corrected chi connectivity index (χ0v) is 52.5. The minimum absolute atomic E-state index is 0.0541. The molecule has 4 aliphatic rings. The lowest BCUT2D eigenvalue weighted by molar-refractivity contribution is -0.379. The topological polar surface area (TPSA) is 340 Å². The van der Waals surface area contributed by atoms with E-state index in [4.69, 9.17) is 42.6 Å². The van der Waals surface area contributed by atoms with Crippen LogP contribution in [0.5, 0.6) is 0 Å². The van der Waals surface area contributed by atoms with Gasteiger partial charge in [0.1, 0.15) is 35.6 Å². The van der Waals surface area contributed by atoms with E-state index >= 15 is 4.79 Å². The zero-order valence-electron chi connectivity index (χ0n) is 52.5. The van der Waals surface area contributed by atoms with Crippen molar-refractivity contribution in [2.45, 2.75) is 172 Å². The van der Waals surface area contributed by atoms with Crippen molar-refractivity contribution in [3.05, 3.63) is 71.8 Å². The highest BCUT2D eigenvalue weighted by Gasteiger charge is 2.79. The molecule has 2 unspecified atom stereocenters. The van der Waals surface area contributed by atoms with Gasteiger partial charge in [-0.15, -0.1) is 0 Å². The van der Waals surface area contributed by atoms with Crippen LogP contribution in [0.15, 0.2) is 60.7 Å². The van der Waals surface area contributed by atoms with Gasteiger partial charge >= 0.3 is 30.0 Å². The molecule has 1 heterocycles. The molecule has 6 rings (SSSR count). The van der Waals surface area contributed by atoms with Crippen molar-refractivity contribution in [1.82, 2.24) is 20.9 Å². The van der Waals surface area contributed by atoms with E-state index in [1.807, 2.05) is 0 Å². The average molecular weight is 1240 g/mol. The minimum Gasteiger partial charge on any atom is -0.459 e. The highest BCUT2D eigenvalue weighted by molar-refractivity contribution is 5.90. The second kappa shape index (κ2) is 30.6. The van der Waals surface area contributed by atoms with E-state index in [0.717, 1.165) is 6.92 Å². The molecule has 1 saturated heterocycles. The van der Waals surface area contributed by atoms with Crippen LogP contribution in [0.25, 0.3) is 0 Å². The number of alkyl carbamates (subject to hydrolysis) is 1. The summed E-state index contributed by atoms with van der Waals surface area (Å²) >= 11 is 0. The molecule has 1 aliphatic heterocycles. The Bertz CT molecular complexity index is 2710. The number of aliphatic hydroxyl groups excluding tert-OH is 3. The summed E-state index contributed by atoms with van der Waals surface area (Å²) in [4.78, 5) is 111. The van der Waals surface area contributed by atoms with Gasteiger partial charge in [0, 0.05) is 56.6 Å². The van der Waals surface area contributed by atoms with E-state index in [-0.39, 0.29) is 55.3 Å². The van der Waals surface area contributed by atoms with Gasteiger partial charge in [-0.2, -0.15) is 0 Å². The smallest absolute Gasteiger partial charge is 0.408 e. The van der Waals surface area contributed by atoms with Crippen molar-refractivity contribution >= 4 is 47.6 Å². The summed E-state index contributed by atoms with van der Waals surface area (Å²) in [6, 6.07) is 13.4. The first kappa shape index (κ1) is 70.9. The fraction of sp³-hybridized carbons (Fsp3) is 0.683. The van der Waals surface area contributed by atoms with E-state index < -0.39 is 156 Å². The van der Waals surface area contributed by atoms with Crippen molar-refractivity contribution in [2.24, 2.45) is 28.6 Å². The molecular weight excluding hydrogens is 1150 g/mol. The molecule has 25 nitrogen and oxygen atoms in total. The number of likely N-dealkylation sites (N-methyl/N-ethyl adjacent to an activating group) is 1. The number of rotatable bonds is 29. The van der Waals surface area contributed by atoms with Crippen LogP contribution in [0.1, 0.15) is 123 Å². The third kappa shape index (κ3) is 16.8. The standard InChI is InChI=1S/C63H92N4O21/c1-37-43(33-63(79)55(86-56(76)41-22-16-13-17-23-41)53-61(9,54(75)51(74)49(37)60(63,7)8)44(70)32-45-62(53,36-83-45)87-39(3)69)84-57(77)52(50(40-20-14-12-15-21-40)66-58(78)88-59(4,5)6)85-48(73)35-67(10)34-47(72)65-42(38(2)68)24-18-19-26-64-46(71)25-27-81-30-31-82-29-28-80-11/h12-17,20-23,37,42-45,49-55,70,74-75,79H,18-19,24-36H2,1-11H3,(H,64,71)(H,65,72)(H,66,78)/t37?,42?,43-,44-,45+,49-,50-,51+,52+,53-,54+,55-,61+,62-,63+/m0/s1. The molecule has 3 amide bonds. The molecule has 3 aliphatic carbocycles. The van der Waals surface area contributed by atoms with Gasteiger partial charge in [-0.3, -0.25) is 28.9 Å². The largest absolute Gasteiger partial charge is 0.459 e. The maximum atomic E-state index is 15.4. The van der Waals surface area contributed by atoms with E-state index in [1.54, 1.807) is 97.2 Å². The summed E-state index contributed by atoms with van der Waals surface area (Å²) in [5.74, 6) is -8.97. The highest BCUT2D eigenvalue weighted by atomic mass is 16.6. The molecule has 7 N–H and O–H groups in total. The van der Waals surface area contributed by atoms with Crippen molar-refractivity contribution < 1.29 is 101 Å². The lowest BCUT2D eigenvalue weighted by Crippen LogP contribution is -2.83. The number of nitrogens with one attached hydrogen (secondary N) is 3. The van der Waals surface area contributed by atoms with Gasteiger partial charge in [-0.05, 0) is 77.6 Å². The first-order chi connectivity index (χ1) is 41.4. The Kier molecular flexibility index (Phi) is 24.6. The maximum absolute atomic E-state index is 15.4. The van der Waals surface area contributed by atoms with Crippen LogP contribution >= 0.6 is 0 Å². The molecule has 490 valence electrons. The molecule has 0 aromatic heterocycles. The number of aliphatic hydroxyl groups is 4. The predicted octanol–water partition coefficient (Wildman–Crippen LogP) is 2.90. The molecule has 2 aromatic carbocycles. The number of amides is 3. The zero-order chi connectivity index (χ0) is 64.9. The second-order valence-electron chi connectivity index (χ2n) is 25.4. The monoisotopic (exact) mass is 1240 g/mol. The lowest BCUT2D eigenvalue weighted by atomic mass is 9.42. The van der Waals surface area contributed by atoms with Crippen LogP contribution < -0.4 is 16.0 Å². The first-order valence-corrected chi connectivity index (χ1v) is 30.1. The molecule has 0 radical (unpaired) electrons. The number of esters is 4. The quantitative estimate of drug-likeness (QED) is 0.0350. The van der Waals surface area contributed by atoms with E-state index in [2.05, 4.69) is 16.0 Å². The van der Waals surface area contributed by atoms with Gasteiger partial charge in [0.25, 0.3) is 0 Å². The number of ketones is 1. The van der Waals surface area contributed by atoms with Gasteiger partial charge in [0.05, 0.1) is 88.6 Å². The summed E-state index contributed by atoms with van der Waals surface area (Å²) in [5, 5.41) is 59.7. The van der Waals surface area contributed by atoms with Gasteiger partial charge in [0.2, 0.25) is 17.9 Å².